The molecule has 1 aromatic carbocycles. The van der Waals surface area contributed by atoms with Crippen LogP contribution in [0, 0.1) is 0 Å². The van der Waals surface area contributed by atoms with Crippen LogP contribution in [0.1, 0.15) is 53.1 Å². The van der Waals surface area contributed by atoms with Gasteiger partial charge in [-0.3, -0.25) is 14.4 Å². The largest absolute Gasteiger partial charge is 0.321 e. The molecule has 1 aromatic heterocycles. The third-order valence-electron chi connectivity index (χ3n) is 5.51. The van der Waals surface area contributed by atoms with Crippen molar-refractivity contribution >= 4 is 11.6 Å². The molecule has 0 aliphatic carbocycles. The minimum atomic E-state index is -0.108. The number of fused-ring (bicyclic) bond motifs is 3. The fourth-order valence-electron chi connectivity index (χ4n) is 3.99. The highest BCUT2D eigenvalue weighted by molar-refractivity contribution is 6.03. The molecule has 0 saturated carbocycles. The Hall–Kier alpha value is -2.18. The Morgan fingerprint density at radius 1 is 1.31 bits per heavy atom. The number of nitrogens with one attached hydrogen (secondary N) is 2. The lowest BCUT2D eigenvalue weighted by Gasteiger charge is -2.41. The van der Waals surface area contributed by atoms with E-state index in [1.807, 2.05) is 19.2 Å². The minimum absolute atomic E-state index is 0.108. The van der Waals surface area contributed by atoms with Gasteiger partial charge in [-0.05, 0) is 41.7 Å². The number of carbonyl (C=O) groups excluding carboxylic acids is 1. The molecule has 6 heteroatoms. The fraction of sp³-hybridized carbons (Fsp3) is 0.500. The smallest absolute Gasteiger partial charge is 0.273 e. The van der Waals surface area contributed by atoms with Gasteiger partial charge in [0.1, 0.15) is 5.69 Å². The first kappa shape index (κ1) is 17.2. The lowest BCUT2D eigenvalue weighted by Crippen LogP contribution is -2.48. The summed E-state index contributed by atoms with van der Waals surface area (Å²) < 4.78 is 1.66. The summed E-state index contributed by atoms with van der Waals surface area (Å²) in [7, 11) is 1.82. The van der Waals surface area contributed by atoms with E-state index in [1.165, 1.54) is 11.1 Å². The predicted molar refractivity (Wildman–Crippen MR) is 103 cm³/mol. The first-order valence-electron chi connectivity index (χ1n) is 9.46. The van der Waals surface area contributed by atoms with Crippen molar-refractivity contribution in [3.05, 3.63) is 46.8 Å². The number of rotatable bonds is 3. The van der Waals surface area contributed by atoms with Crippen LogP contribution in [0.25, 0.3) is 0 Å². The summed E-state index contributed by atoms with van der Waals surface area (Å²) in [5.74, 6) is 0.196. The molecule has 0 radical (unpaired) electrons. The van der Waals surface area contributed by atoms with E-state index in [0.29, 0.717) is 17.7 Å². The molecule has 138 valence electrons. The Morgan fingerprint density at radius 3 is 2.92 bits per heavy atom. The molecule has 2 N–H and O–H groups in total. The first-order valence-corrected chi connectivity index (χ1v) is 9.46. The van der Waals surface area contributed by atoms with Crippen LogP contribution in [-0.2, 0) is 13.5 Å². The number of aromatic nitrogens is 2. The molecule has 2 aliphatic heterocycles. The second-order valence-corrected chi connectivity index (χ2v) is 7.61. The normalized spacial score (nSPS) is 19.9. The molecule has 0 spiro atoms. The summed E-state index contributed by atoms with van der Waals surface area (Å²) in [6, 6.07) is 8.68. The van der Waals surface area contributed by atoms with Crippen molar-refractivity contribution in [2.45, 2.75) is 32.2 Å². The van der Waals surface area contributed by atoms with Crippen molar-refractivity contribution in [1.29, 1.82) is 0 Å². The molecule has 3 heterocycles. The summed E-state index contributed by atoms with van der Waals surface area (Å²) in [6.45, 7) is 8.44. The van der Waals surface area contributed by atoms with Gasteiger partial charge in [0.25, 0.3) is 5.91 Å². The van der Waals surface area contributed by atoms with E-state index < -0.39 is 0 Å². The van der Waals surface area contributed by atoms with Crippen LogP contribution in [0.3, 0.4) is 0 Å². The average molecular weight is 353 g/mol. The van der Waals surface area contributed by atoms with Gasteiger partial charge < -0.3 is 10.6 Å². The second-order valence-electron chi connectivity index (χ2n) is 7.61. The number of carbonyl (C=O) groups is 1. The molecule has 1 unspecified atom stereocenters. The summed E-state index contributed by atoms with van der Waals surface area (Å²) in [5, 5.41) is 11.0. The Balaban J connectivity index is 1.53. The van der Waals surface area contributed by atoms with E-state index in [1.54, 1.807) is 4.68 Å². The van der Waals surface area contributed by atoms with Crippen LogP contribution in [0.15, 0.2) is 24.3 Å². The van der Waals surface area contributed by atoms with Gasteiger partial charge in [0.05, 0.1) is 5.69 Å². The zero-order valence-electron chi connectivity index (χ0n) is 15.7. The predicted octanol–water partition coefficient (Wildman–Crippen LogP) is 2.30. The molecule has 1 saturated heterocycles. The van der Waals surface area contributed by atoms with Gasteiger partial charge in [0.15, 0.2) is 0 Å². The number of nitrogens with zero attached hydrogens (tertiary/aromatic N) is 3. The van der Waals surface area contributed by atoms with Crippen molar-refractivity contribution in [1.82, 2.24) is 20.0 Å². The lowest BCUT2D eigenvalue weighted by molar-refractivity contribution is 0.101. The van der Waals surface area contributed by atoms with Crippen LogP contribution < -0.4 is 10.6 Å². The van der Waals surface area contributed by atoms with E-state index in [9.17, 15) is 4.79 Å². The van der Waals surface area contributed by atoms with Crippen LogP contribution in [0.2, 0.25) is 0 Å². The van der Waals surface area contributed by atoms with Gasteiger partial charge in [-0.1, -0.05) is 19.9 Å². The Morgan fingerprint density at radius 2 is 2.15 bits per heavy atom. The van der Waals surface area contributed by atoms with Crippen LogP contribution in [0.5, 0.6) is 0 Å². The average Bonchev–Trinajstić information content (AvgIpc) is 3.03. The second kappa shape index (κ2) is 6.85. The van der Waals surface area contributed by atoms with Crippen molar-refractivity contribution in [2.24, 2.45) is 7.05 Å². The summed E-state index contributed by atoms with van der Waals surface area (Å²) >= 11 is 0. The molecular formula is C20H27N5O. The molecule has 2 aromatic rings. The van der Waals surface area contributed by atoms with Gasteiger partial charge in [0.2, 0.25) is 0 Å². The molecule has 1 atom stereocenters. The topological polar surface area (TPSA) is 62.2 Å². The Bertz CT molecular complexity index is 826. The monoisotopic (exact) mass is 353 g/mol. The quantitative estimate of drug-likeness (QED) is 0.889. The molecule has 2 aliphatic rings. The zero-order chi connectivity index (χ0) is 18.3. The number of aryl methyl sites for hydroxylation is 1. The number of hydrogen-bond donors (Lipinski definition) is 2. The van der Waals surface area contributed by atoms with E-state index in [4.69, 9.17) is 0 Å². The van der Waals surface area contributed by atoms with E-state index >= 15 is 0 Å². The molecule has 0 bridgehead atoms. The molecule has 1 amide bonds. The number of hydrogen-bond acceptors (Lipinski definition) is 4. The highest BCUT2D eigenvalue weighted by Gasteiger charge is 2.29. The van der Waals surface area contributed by atoms with Gasteiger partial charge in [-0.15, -0.1) is 0 Å². The molecule has 4 rings (SSSR count). The maximum atomic E-state index is 12.7. The minimum Gasteiger partial charge on any atom is -0.321 e. The molecule has 1 fully saturated rings. The Labute approximate surface area is 154 Å². The number of anilines is 1. The van der Waals surface area contributed by atoms with Crippen molar-refractivity contribution in [3.63, 3.8) is 0 Å². The molecule has 26 heavy (non-hydrogen) atoms. The standard InChI is InChI=1S/C20H27N5O/c1-13(2)17-11-18(24(3)23-17)20(26)22-15-4-5-16-14(10-15)6-8-25-9-7-21-12-19(16)25/h4-5,10-11,13,19,21H,6-9,12H2,1-3H3,(H,22,26). The summed E-state index contributed by atoms with van der Waals surface area (Å²) in [6.07, 6.45) is 1.04. The first-order chi connectivity index (χ1) is 12.5. The zero-order valence-corrected chi connectivity index (χ0v) is 15.7. The van der Waals surface area contributed by atoms with Crippen molar-refractivity contribution in [2.75, 3.05) is 31.5 Å². The highest BCUT2D eigenvalue weighted by atomic mass is 16.2. The highest BCUT2D eigenvalue weighted by Crippen LogP contribution is 2.32. The Kier molecular flexibility index (Phi) is 4.54. The molecular weight excluding hydrogens is 326 g/mol. The van der Waals surface area contributed by atoms with Crippen molar-refractivity contribution in [3.8, 4) is 0 Å². The van der Waals surface area contributed by atoms with Gasteiger partial charge in [-0.25, -0.2) is 0 Å². The SMILES string of the molecule is CC(C)c1cc(C(=O)Nc2ccc3c(c2)CCN2CCNCC32)n(C)n1. The number of benzene rings is 1. The van der Waals surface area contributed by atoms with Gasteiger partial charge in [0, 0.05) is 45.0 Å². The maximum absolute atomic E-state index is 12.7. The van der Waals surface area contributed by atoms with E-state index in [2.05, 4.69) is 46.6 Å². The van der Waals surface area contributed by atoms with Crippen LogP contribution in [-0.4, -0.2) is 46.8 Å². The van der Waals surface area contributed by atoms with E-state index in [0.717, 1.165) is 44.0 Å². The molecule has 6 nitrogen and oxygen atoms in total. The third-order valence-corrected chi connectivity index (χ3v) is 5.51. The maximum Gasteiger partial charge on any atom is 0.273 e. The van der Waals surface area contributed by atoms with Crippen LogP contribution >= 0.6 is 0 Å². The van der Waals surface area contributed by atoms with Gasteiger partial charge >= 0.3 is 0 Å². The van der Waals surface area contributed by atoms with Crippen LogP contribution in [0.4, 0.5) is 5.69 Å². The fourth-order valence-corrected chi connectivity index (χ4v) is 3.99. The third kappa shape index (κ3) is 3.15. The van der Waals surface area contributed by atoms with Gasteiger partial charge in [-0.2, -0.15) is 5.10 Å². The van der Waals surface area contributed by atoms with Crippen molar-refractivity contribution < 1.29 is 4.79 Å². The summed E-state index contributed by atoms with van der Waals surface area (Å²) in [5.41, 5.74) is 5.13. The number of amides is 1. The van der Waals surface area contributed by atoms with E-state index in [-0.39, 0.29) is 5.91 Å². The summed E-state index contributed by atoms with van der Waals surface area (Å²) in [4.78, 5) is 15.2. The lowest BCUT2D eigenvalue weighted by atomic mass is 9.91. The number of piperazine rings is 1.